The van der Waals surface area contributed by atoms with E-state index in [9.17, 15) is 9.18 Å². The lowest BCUT2D eigenvalue weighted by atomic mass is 10.1. The molecule has 2 N–H and O–H groups in total. The Labute approximate surface area is 198 Å². The molecule has 0 aliphatic carbocycles. The fraction of sp³-hybridized carbons (Fsp3) is 0.400. The average molecular weight is 465 g/mol. The lowest BCUT2D eigenvalue weighted by Gasteiger charge is -2.32. The first-order chi connectivity index (χ1) is 16.5. The van der Waals surface area contributed by atoms with Crippen molar-refractivity contribution >= 4 is 28.4 Å². The zero-order chi connectivity index (χ0) is 23.5. The van der Waals surface area contributed by atoms with Crippen LogP contribution in [0, 0.1) is 5.82 Å². The molecule has 3 aromatic rings. The number of para-hydroxylation sites is 1. The van der Waals surface area contributed by atoms with Gasteiger partial charge in [0, 0.05) is 49.0 Å². The maximum Gasteiger partial charge on any atom is 0.254 e. The highest BCUT2D eigenvalue weighted by Gasteiger charge is 2.21. The molecule has 2 aliphatic heterocycles. The monoisotopic (exact) mass is 464 g/mol. The fourth-order valence-electron chi connectivity index (χ4n) is 4.38. The van der Waals surface area contributed by atoms with Crippen LogP contribution in [0.4, 0.5) is 16.0 Å². The number of likely N-dealkylation sites (N-methyl/N-ethyl adjacent to an activating group) is 1. The second-order valence-electron chi connectivity index (χ2n) is 8.90. The van der Waals surface area contributed by atoms with E-state index in [0.717, 1.165) is 44.4 Å². The Kier molecular flexibility index (Phi) is 6.55. The number of piperidine rings is 1. The Morgan fingerprint density at radius 2 is 1.94 bits per heavy atom. The average Bonchev–Trinajstić information content (AvgIpc) is 2.85. The van der Waals surface area contributed by atoms with Gasteiger partial charge in [-0.1, -0.05) is 12.1 Å². The molecule has 2 aliphatic rings. The van der Waals surface area contributed by atoms with Crippen molar-refractivity contribution in [2.24, 2.45) is 0 Å². The molecule has 9 heteroatoms. The molecule has 0 atom stereocenters. The summed E-state index contributed by atoms with van der Waals surface area (Å²) in [5.41, 5.74) is 1.43. The number of nitrogens with zero attached hydrogens (tertiary/aromatic N) is 4. The third kappa shape index (κ3) is 5.10. The highest BCUT2D eigenvalue weighted by atomic mass is 19.1. The molecule has 178 valence electrons. The summed E-state index contributed by atoms with van der Waals surface area (Å²) in [6, 6.07) is 10.0. The van der Waals surface area contributed by atoms with E-state index < -0.39 is 5.82 Å². The molecular formula is C25H29FN6O2. The molecule has 34 heavy (non-hydrogen) atoms. The van der Waals surface area contributed by atoms with E-state index in [0.29, 0.717) is 41.6 Å². The predicted molar refractivity (Wildman–Crippen MR) is 129 cm³/mol. The molecule has 2 saturated heterocycles. The number of ether oxygens (including phenoxy) is 1. The molecule has 0 bridgehead atoms. The van der Waals surface area contributed by atoms with Crippen molar-refractivity contribution in [3.63, 3.8) is 0 Å². The Morgan fingerprint density at radius 3 is 2.74 bits per heavy atom. The molecule has 0 radical (unpaired) electrons. The number of anilines is 2. The molecular weight excluding hydrogens is 435 g/mol. The Hall–Kier alpha value is -3.30. The van der Waals surface area contributed by atoms with Crippen LogP contribution in [-0.2, 0) is 0 Å². The molecule has 2 aromatic carbocycles. The largest absolute Gasteiger partial charge is 0.488 e. The number of hydrogen-bond donors (Lipinski definition) is 2. The summed E-state index contributed by atoms with van der Waals surface area (Å²) in [7, 11) is 2.03. The van der Waals surface area contributed by atoms with Crippen LogP contribution in [-0.4, -0.2) is 78.1 Å². The van der Waals surface area contributed by atoms with E-state index >= 15 is 0 Å². The minimum absolute atomic E-state index is 0.143. The minimum atomic E-state index is -0.488. The molecule has 0 spiro atoms. The maximum atomic E-state index is 14.4. The van der Waals surface area contributed by atoms with Gasteiger partial charge in [-0.05, 0) is 57.2 Å². The van der Waals surface area contributed by atoms with Gasteiger partial charge in [-0.2, -0.15) is 0 Å². The molecule has 0 unspecified atom stereocenters. The number of aromatic nitrogens is 2. The molecule has 2 fully saturated rings. The first kappa shape index (κ1) is 22.5. The summed E-state index contributed by atoms with van der Waals surface area (Å²) in [6.07, 6.45) is 3.75. The number of carbonyl (C=O) groups excluding carboxylic acids is 1. The van der Waals surface area contributed by atoms with Crippen molar-refractivity contribution in [1.29, 1.82) is 0 Å². The van der Waals surface area contributed by atoms with Crippen molar-refractivity contribution in [1.82, 2.24) is 25.1 Å². The quantitative estimate of drug-likeness (QED) is 0.601. The number of nitrogens with one attached hydrogen (secondary N) is 2. The van der Waals surface area contributed by atoms with Gasteiger partial charge in [0.05, 0.1) is 0 Å². The van der Waals surface area contributed by atoms with E-state index in [1.54, 1.807) is 17.2 Å². The minimum Gasteiger partial charge on any atom is -0.488 e. The van der Waals surface area contributed by atoms with E-state index in [1.807, 2.05) is 25.2 Å². The lowest BCUT2D eigenvalue weighted by Crippen LogP contribution is -2.47. The van der Waals surface area contributed by atoms with Crippen LogP contribution in [0.25, 0.3) is 10.9 Å². The number of halogens is 1. The zero-order valence-electron chi connectivity index (χ0n) is 19.3. The van der Waals surface area contributed by atoms with Crippen molar-refractivity contribution in [3.05, 3.63) is 54.0 Å². The van der Waals surface area contributed by atoms with Gasteiger partial charge in [-0.15, -0.1) is 0 Å². The van der Waals surface area contributed by atoms with Gasteiger partial charge in [-0.25, -0.2) is 14.4 Å². The van der Waals surface area contributed by atoms with Crippen LogP contribution >= 0.6 is 0 Å². The highest BCUT2D eigenvalue weighted by molar-refractivity contribution is 5.95. The smallest absolute Gasteiger partial charge is 0.254 e. The number of piperazine rings is 1. The summed E-state index contributed by atoms with van der Waals surface area (Å²) in [5.74, 6) is 0.364. The summed E-state index contributed by atoms with van der Waals surface area (Å²) >= 11 is 0. The van der Waals surface area contributed by atoms with Gasteiger partial charge >= 0.3 is 0 Å². The maximum absolute atomic E-state index is 14.4. The van der Waals surface area contributed by atoms with Crippen LogP contribution in [0.3, 0.4) is 0 Å². The van der Waals surface area contributed by atoms with Gasteiger partial charge in [0.1, 0.15) is 23.2 Å². The first-order valence-electron chi connectivity index (χ1n) is 11.7. The second kappa shape index (κ2) is 9.90. The van der Waals surface area contributed by atoms with Gasteiger partial charge in [0.15, 0.2) is 0 Å². The molecule has 8 nitrogen and oxygen atoms in total. The number of fused-ring (bicyclic) bond motifs is 1. The molecule has 3 heterocycles. The van der Waals surface area contributed by atoms with Crippen molar-refractivity contribution < 1.29 is 13.9 Å². The number of amides is 1. The van der Waals surface area contributed by atoms with E-state index in [4.69, 9.17) is 4.74 Å². The highest BCUT2D eigenvalue weighted by Crippen LogP contribution is 2.28. The van der Waals surface area contributed by atoms with E-state index in [2.05, 4.69) is 25.5 Å². The van der Waals surface area contributed by atoms with Crippen molar-refractivity contribution in [2.75, 3.05) is 51.6 Å². The third-order valence-corrected chi connectivity index (χ3v) is 6.35. The first-order valence-corrected chi connectivity index (χ1v) is 11.7. The predicted octanol–water partition coefficient (Wildman–Crippen LogP) is 3.03. The SMILES string of the molecule is CN1CCN(C(=O)c2cc(F)cc(Nc3ncc4cccc(OC5CCNCC5)c4n3)c2)CC1. The standard InChI is InChI=1S/C25H29FN6O2/c1-31-9-11-32(12-10-31)24(33)18-13-19(26)15-20(14-18)29-25-28-16-17-3-2-4-22(23(17)30-25)34-21-5-7-27-8-6-21/h2-4,13-16,21,27H,5-12H2,1H3,(H,28,29,30). The van der Waals surface area contributed by atoms with Crippen LogP contribution < -0.4 is 15.4 Å². The van der Waals surface area contributed by atoms with Crippen LogP contribution in [0.2, 0.25) is 0 Å². The van der Waals surface area contributed by atoms with Gasteiger partial charge in [0.2, 0.25) is 5.95 Å². The van der Waals surface area contributed by atoms with Gasteiger partial charge in [-0.3, -0.25) is 4.79 Å². The summed E-state index contributed by atoms with van der Waals surface area (Å²) in [5, 5.41) is 7.27. The zero-order valence-corrected chi connectivity index (χ0v) is 19.3. The number of rotatable bonds is 5. The van der Waals surface area contributed by atoms with E-state index in [-0.39, 0.29) is 12.0 Å². The Morgan fingerprint density at radius 1 is 1.15 bits per heavy atom. The van der Waals surface area contributed by atoms with Gasteiger partial charge in [0.25, 0.3) is 5.91 Å². The molecule has 5 rings (SSSR count). The molecule has 0 saturated carbocycles. The fourth-order valence-corrected chi connectivity index (χ4v) is 4.38. The number of hydrogen-bond acceptors (Lipinski definition) is 7. The van der Waals surface area contributed by atoms with Gasteiger partial charge < -0.3 is 25.2 Å². The Balaban J connectivity index is 1.37. The van der Waals surface area contributed by atoms with Crippen LogP contribution in [0.5, 0.6) is 5.75 Å². The summed E-state index contributed by atoms with van der Waals surface area (Å²) in [6.45, 7) is 4.74. The molecule has 1 amide bonds. The summed E-state index contributed by atoms with van der Waals surface area (Å²) < 4.78 is 20.7. The topological polar surface area (TPSA) is 82.6 Å². The van der Waals surface area contributed by atoms with Crippen molar-refractivity contribution in [3.8, 4) is 5.75 Å². The molecule has 1 aromatic heterocycles. The summed E-state index contributed by atoms with van der Waals surface area (Å²) in [4.78, 5) is 25.9. The normalized spacial score (nSPS) is 17.6. The lowest BCUT2D eigenvalue weighted by molar-refractivity contribution is 0.0663. The van der Waals surface area contributed by atoms with Crippen LogP contribution in [0.1, 0.15) is 23.2 Å². The van der Waals surface area contributed by atoms with Crippen LogP contribution in [0.15, 0.2) is 42.6 Å². The van der Waals surface area contributed by atoms with E-state index in [1.165, 1.54) is 12.1 Å². The Bertz CT molecular complexity index is 1180. The number of benzene rings is 2. The van der Waals surface area contributed by atoms with Crippen molar-refractivity contribution in [2.45, 2.75) is 18.9 Å². The third-order valence-electron chi connectivity index (χ3n) is 6.35. The second-order valence-corrected chi connectivity index (χ2v) is 8.90. The number of carbonyl (C=O) groups is 1.